The highest BCUT2D eigenvalue weighted by atomic mass is 16.5. The van der Waals surface area contributed by atoms with E-state index in [-0.39, 0.29) is 5.96 Å². The van der Waals surface area contributed by atoms with Crippen LogP contribution in [0.5, 0.6) is 5.75 Å². The van der Waals surface area contributed by atoms with E-state index in [2.05, 4.69) is 10.2 Å². The molecule has 6 nitrogen and oxygen atoms in total. The molecule has 0 atom stereocenters. The SMILES string of the molecule is CC(C)(N)/C(=N\N=C(N)N)c1ccc(OCc2ccccc2)cc1. The normalized spacial score (nSPS) is 11.9. The van der Waals surface area contributed by atoms with Crippen LogP contribution < -0.4 is 21.9 Å². The van der Waals surface area contributed by atoms with E-state index in [1.165, 1.54) is 0 Å². The summed E-state index contributed by atoms with van der Waals surface area (Å²) < 4.78 is 5.77. The van der Waals surface area contributed by atoms with E-state index in [0.717, 1.165) is 16.9 Å². The lowest BCUT2D eigenvalue weighted by molar-refractivity contribution is 0.306. The van der Waals surface area contributed by atoms with E-state index in [4.69, 9.17) is 21.9 Å². The van der Waals surface area contributed by atoms with Crippen LogP contribution in [0.2, 0.25) is 0 Å². The first-order valence-corrected chi connectivity index (χ1v) is 7.59. The van der Waals surface area contributed by atoms with Crippen LogP contribution in [0, 0.1) is 0 Å². The van der Waals surface area contributed by atoms with Crippen molar-refractivity contribution in [1.29, 1.82) is 0 Å². The van der Waals surface area contributed by atoms with Crippen LogP contribution >= 0.6 is 0 Å². The fourth-order valence-electron chi connectivity index (χ4n) is 2.12. The zero-order valence-corrected chi connectivity index (χ0v) is 13.9. The molecule has 126 valence electrons. The van der Waals surface area contributed by atoms with Gasteiger partial charge in [-0.1, -0.05) is 30.3 Å². The van der Waals surface area contributed by atoms with E-state index in [0.29, 0.717) is 12.3 Å². The first-order valence-electron chi connectivity index (χ1n) is 7.59. The fourth-order valence-corrected chi connectivity index (χ4v) is 2.12. The molecule has 0 bridgehead atoms. The summed E-state index contributed by atoms with van der Waals surface area (Å²) in [6.07, 6.45) is 0. The van der Waals surface area contributed by atoms with Gasteiger partial charge in [-0.15, -0.1) is 10.2 Å². The number of hydrogen-bond donors (Lipinski definition) is 3. The first-order chi connectivity index (χ1) is 11.4. The number of hydrogen-bond acceptors (Lipinski definition) is 4. The van der Waals surface area contributed by atoms with Gasteiger partial charge in [0.15, 0.2) is 0 Å². The topological polar surface area (TPSA) is 112 Å². The number of benzene rings is 2. The molecule has 0 heterocycles. The van der Waals surface area contributed by atoms with E-state index >= 15 is 0 Å². The summed E-state index contributed by atoms with van der Waals surface area (Å²) in [5, 5.41) is 7.79. The predicted molar refractivity (Wildman–Crippen MR) is 97.8 cm³/mol. The Morgan fingerprint density at radius 2 is 1.58 bits per heavy atom. The smallest absolute Gasteiger partial charge is 0.211 e. The quantitative estimate of drug-likeness (QED) is 0.428. The molecule has 0 fully saturated rings. The third-order valence-corrected chi connectivity index (χ3v) is 3.25. The summed E-state index contributed by atoms with van der Waals surface area (Å²) in [7, 11) is 0. The van der Waals surface area contributed by atoms with Crippen molar-refractivity contribution < 1.29 is 4.74 Å². The summed E-state index contributed by atoms with van der Waals surface area (Å²) in [5.74, 6) is 0.651. The minimum absolute atomic E-state index is 0.112. The largest absolute Gasteiger partial charge is 0.489 e. The molecule has 0 saturated carbocycles. The second-order valence-corrected chi connectivity index (χ2v) is 5.99. The average molecular weight is 325 g/mol. The molecule has 0 amide bonds. The van der Waals surface area contributed by atoms with Gasteiger partial charge in [0.1, 0.15) is 12.4 Å². The highest BCUT2D eigenvalue weighted by molar-refractivity contribution is 6.07. The maximum absolute atomic E-state index is 6.16. The lowest BCUT2D eigenvalue weighted by atomic mass is 9.93. The maximum Gasteiger partial charge on any atom is 0.211 e. The summed E-state index contributed by atoms with van der Waals surface area (Å²) >= 11 is 0. The number of nitrogens with zero attached hydrogens (tertiary/aromatic N) is 2. The van der Waals surface area contributed by atoms with Crippen molar-refractivity contribution in [3.63, 3.8) is 0 Å². The molecular weight excluding hydrogens is 302 g/mol. The third kappa shape index (κ3) is 5.10. The third-order valence-electron chi connectivity index (χ3n) is 3.25. The van der Waals surface area contributed by atoms with Crippen molar-refractivity contribution in [3.05, 3.63) is 65.7 Å². The Bertz CT molecular complexity index is 711. The zero-order valence-electron chi connectivity index (χ0n) is 13.9. The Morgan fingerprint density at radius 3 is 2.12 bits per heavy atom. The maximum atomic E-state index is 6.16. The fraction of sp³-hybridized carbons (Fsp3) is 0.222. The molecule has 2 aromatic carbocycles. The van der Waals surface area contributed by atoms with Crippen LogP contribution in [0.3, 0.4) is 0 Å². The zero-order chi connectivity index (χ0) is 17.6. The molecule has 0 spiro atoms. The molecule has 0 unspecified atom stereocenters. The van der Waals surface area contributed by atoms with E-state index in [1.54, 1.807) is 0 Å². The van der Waals surface area contributed by atoms with E-state index in [1.807, 2.05) is 68.4 Å². The lowest BCUT2D eigenvalue weighted by Gasteiger charge is -2.21. The second kappa shape index (κ2) is 7.61. The molecule has 0 radical (unpaired) electrons. The van der Waals surface area contributed by atoms with E-state index < -0.39 is 5.54 Å². The van der Waals surface area contributed by atoms with Crippen molar-refractivity contribution in [1.82, 2.24) is 0 Å². The monoisotopic (exact) mass is 325 g/mol. The minimum atomic E-state index is -0.689. The van der Waals surface area contributed by atoms with Gasteiger partial charge in [0.2, 0.25) is 5.96 Å². The van der Waals surface area contributed by atoms with Crippen LogP contribution in [0.4, 0.5) is 0 Å². The van der Waals surface area contributed by atoms with E-state index in [9.17, 15) is 0 Å². The Kier molecular flexibility index (Phi) is 5.55. The number of ether oxygens (including phenoxy) is 1. The molecule has 2 aromatic rings. The van der Waals surface area contributed by atoms with Gasteiger partial charge in [0.05, 0.1) is 11.3 Å². The summed E-state index contributed by atoms with van der Waals surface area (Å²) in [6.45, 7) is 4.19. The van der Waals surface area contributed by atoms with Crippen molar-refractivity contribution in [2.24, 2.45) is 27.4 Å². The van der Waals surface area contributed by atoms with Gasteiger partial charge in [-0.2, -0.15) is 0 Å². The second-order valence-electron chi connectivity index (χ2n) is 5.99. The van der Waals surface area contributed by atoms with Crippen molar-refractivity contribution >= 4 is 11.7 Å². The summed E-state index contributed by atoms with van der Waals surface area (Å²) in [4.78, 5) is 0. The van der Waals surface area contributed by atoms with Crippen LogP contribution in [-0.2, 0) is 6.61 Å². The molecule has 0 aliphatic heterocycles. The molecule has 2 rings (SSSR count). The molecule has 0 aliphatic rings. The molecule has 0 saturated heterocycles. The van der Waals surface area contributed by atoms with Crippen molar-refractivity contribution in [2.45, 2.75) is 26.0 Å². The number of rotatable bonds is 6. The van der Waals surface area contributed by atoms with Gasteiger partial charge in [-0.3, -0.25) is 0 Å². The number of guanidine groups is 1. The van der Waals surface area contributed by atoms with Crippen molar-refractivity contribution in [3.8, 4) is 5.75 Å². The van der Waals surface area contributed by atoms with Gasteiger partial charge in [0, 0.05) is 0 Å². The minimum Gasteiger partial charge on any atom is -0.489 e. The Morgan fingerprint density at radius 1 is 0.958 bits per heavy atom. The summed E-state index contributed by atoms with van der Waals surface area (Å²) in [5.41, 5.74) is 18.7. The van der Waals surface area contributed by atoms with Gasteiger partial charge in [0.25, 0.3) is 0 Å². The predicted octanol–water partition coefficient (Wildman–Crippen LogP) is 1.98. The van der Waals surface area contributed by atoms with Gasteiger partial charge in [-0.25, -0.2) is 0 Å². The lowest BCUT2D eigenvalue weighted by Crippen LogP contribution is -2.42. The van der Waals surface area contributed by atoms with Gasteiger partial charge >= 0.3 is 0 Å². The van der Waals surface area contributed by atoms with Gasteiger partial charge < -0.3 is 21.9 Å². The van der Waals surface area contributed by atoms with Crippen LogP contribution in [0.1, 0.15) is 25.0 Å². The Labute approximate surface area is 142 Å². The number of nitrogens with two attached hydrogens (primary N) is 3. The standard InChI is InChI=1S/C18H23N5O/c1-18(2,21)16(22-23-17(19)20)14-8-10-15(11-9-14)24-12-13-6-4-3-5-7-13/h3-11H,12,21H2,1-2H3,(H4,19,20,23)/b22-16-. The Balaban J connectivity index is 2.14. The Hall–Kier alpha value is -2.86. The highest BCUT2D eigenvalue weighted by Crippen LogP contribution is 2.18. The van der Waals surface area contributed by atoms with Crippen LogP contribution in [0.15, 0.2) is 64.8 Å². The molecule has 0 aromatic heterocycles. The molecule has 6 heteroatoms. The van der Waals surface area contributed by atoms with Crippen LogP contribution in [0.25, 0.3) is 0 Å². The average Bonchev–Trinajstić information content (AvgIpc) is 2.53. The van der Waals surface area contributed by atoms with Gasteiger partial charge in [-0.05, 0) is 49.2 Å². The van der Waals surface area contributed by atoms with Crippen LogP contribution in [-0.4, -0.2) is 17.2 Å². The first kappa shape index (κ1) is 17.5. The van der Waals surface area contributed by atoms with Crippen molar-refractivity contribution in [2.75, 3.05) is 0 Å². The molecule has 24 heavy (non-hydrogen) atoms. The highest BCUT2D eigenvalue weighted by Gasteiger charge is 2.21. The summed E-state index contributed by atoms with van der Waals surface area (Å²) in [6, 6.07) is 17.5. The molecule has 6 N–H and O–H groups in total. The molecular formula is C18H23N5O. The molecule has 0 aliphatic carbocycles.